The number of oxime groups is 1. The molecule has 2 atom stereocenters. The number of carbonyl (C=O) groups excluding carboxylic acids is 2. The van der Waals surface area contributed by atoms with Crippen LogP contribution >= 0.6 is 23.1 Å². The summed E-state index contributed by atoms with van der Waals surface area (Å²) in [5.41, 5.74) is 6.25. The SMILES string of the molecule is Cc1ccc[n+](CC2=C(C(=O)O)N3C(=O)C(NC(=O)/C(=N/OC(F)F)c4csc(N)n4)[C@H]3SC2)c1. The number of hydrogen-bond donors (Lipinski definition) is 3. The molecule has 2 aliphatic rings. The second-order valence-electron chi connectivity index (χ2n) is 7.55. The number of aliphatic carboxylic acids is 1. The normalized spacial score (nSPS) is 19.9. The number of alkyl halides is 2. The van der Waals surface area contributed by atoms with Crippen molar-refractivity contribution in [3.63, 3.8) is 0 Å². The topological polar surface area (TPSA) is 151 Å². The fraction of sp³-hybridized carbons (Fsp3) is 0.300. The fourth-order valence-corrected chi connectivity index (χ4v) is 5.56. The average molecular weight is 526 g/mol. The molecule has 1 saturated heterocycles. The first-order chi connectivity index (χ1) is 16.7. The minimum atomic E-state index is -3.28. The molecule has 2 amide bonds. The lowest BCUT2D eigenvalue weighted by Gasteiger charge is -2.49. The number of nitrogen functional groups attached to an aromatic ring is 1. The van der Waals surface area contributed by atoms with Gasteiger partial charge in [-0.1, -0.05) is 5.16 Å². The highest BCUT2D eigenvalue weighted by atomic mass is 32.2. The van der Waals surface area contributed by atoms with Gasteiger partial charge in [0.2, 0.25) is 0 Å². The Morgan fingerprint density at radius 3 is 2.89 bits per heavy atom. The highest BCUT2D eigenvalue weighted by Crippen LogP contribution is 2.40. The maximum atomic E-state index is 12.9. The van der Waals surface area contributed by atoms with E-state index in [9.17, 15) is 28.3 Å². The molecule has 11 nitrogen and oxygen atoms in total. The van der Waals surface area contributed by atoms with Gasteiger partial charge in [-0.15, -0.1) is 23.1 Å². The maximum absolute atomic E-state index is 12.9. The van der Waals surface area contributed by atoms with Gasteiger partial charge in [-0.05, 0) is 13.0 Å². The van der Waals surface area contributed by atoms with E-state index >= 15 is 0 Å². The van der Waals surface area contributed by atoms with Crippen LogP contribution in [0.5, 0.6) is 0 Å². The van der Waals surface area contributed by atoms with Crippen LogP contribution in [-0.4, -0.2) is 62.3 Å². The minimum absolute atomic E-state index is 0.0709. The van der Waals surface area contributed by atoms with Crippen LogP contribution in [0.3, 0.4) is 0 Å². The second kappa shape index (κ2) is 9.95. The summed E-state index contributed by atoms with van der Waals surface area (Å²) >= 11 is 2.24. The Morgan fingerprint density at radius 1 is 1.49 bits per heavy atom. The standard InChI is InChI=1S/C20H18F2N6O5S2/c1-9-3-2-4-27(5-9)6-10-7-34-17-13(16(30)28(17)14(10)18(31)32)25-15(29)12(26-33-19(21)22)11-8-35-20(23)24-11/h2-5,8,13,17,19H,6-7H2,1H3,(H3-,23,24,25,29,31,32)/p+1/b26-12+/t13?,17-/m1/s1. The van der Waals surface area contributed by atoms with Crippen LogP contribution in [0, 0.1) is 6.92 Å². The molecule has 0 saturated carbocycles. The molecule has 1 unspecified atom stereocenters. The number of nitrogens with two attached hydrogens (primary N) is 1. The van der Waals surface area contributed by atoms with Crippen LogP contribution in [0.4, 0.5) is 13.9 Å². The van der Waals surface area contributed by atoms with Crippen LogP contribution in [0.15, 0.2) is 46.3 Å². The highest BCUT2D eigenvalue weighted by Gasteiger charge is 2.54. The summed E-state index contributed by atoms with van der Waals surface area (Å²) in [4.78, 5) is 46.6. The molecule has 35 heavy (non-hydrogen) atoms. The quantitative estimate of drug-likeness (QED) is 0.197. The van der Waals surface area contributed by atoms with Crippen molar-refractivity contribution in [3.05, 3.63) is 52.4 Å². The molecular weight excluding hydrogens is 506 g/mol. The first kappa shape index (κ1) is 24.5. The summed E-state index contributed by atoms with van der Waals surface area (Å²) < 4.78 is 26.8. The summed E-state index contributed by atoms with van der Waals surface area (Å²) in [6.45, 7) is -1.10. The Kier molecular flexibility index (Phi) is 6.98. The molecule has 2 aliphatic heterocycles. The number of pyridine rings is 1. The lowest BCUT2D eigenvalue weighted by Crippen LogP contribution is -2.71. The predicted octanol–water partition coefficient (Wildman–Crippen LogP) is 0.703. The van der Waals surface area contributed by atoms with Crippen LogP contribution in [-0.2, 0) is 25.8 Å². The van der Waals surface area contributed by atoms with Crippen molar-refractivity contribution in [2.75, 3.05) is 11.5 Å². The first-order valence-corrected chi connectivity index (χ1v) is 12.0. The van der Waals surface area contributed by atoms with E-state index in [4.69, 9.17) is 5.73 Å². The third-order valence-corrected chi connectivity index (χ3v) is 7.13. The van der Waals surface area contributed by atoms with E-state index in [1.165, 1.54) is 17.1 Å². The van der Waals surface area contributed by atoms with Gasteiger partial charge >= 0.3 is 12.6 Å². The van der Waals surface area contributed by atoms with E-state index in [0.29, 0.717) is 11.3 Å². The largest absolute Gasteiger partial charge is 0.477 e. The van der Waals surface area contributed by atoms with Gasteiger partial charge in [-0.25, -0.2) is 14.3 Å². The average Bonchev–Trinajstić information content (AvgIpc) is 3.22. The van der Waals surface area contributed by atoms with Crippen molar-refractivity contribution in [2.24, 2.45) is 5.16 Å². The molecule has 4 rings (SSSR count). The number of carboxylic acids is 1. The molecule has 0 bridgehead atoms. The number of rotatable bonds is 8. The number of carboxylic acid groups (broad SMARTS) is 1. The highest BCUT2D eigenvalue weighted by molar-refractivity contribution is 8.00. The third kappa shape index (κ3) is 5.09. The first-order valence-electron chi connectivity index (χ1n) is 10.1. The van der Waals surface area contributed by atoms with E-state index in [2.05, 4.69) is 20.3 Å². The van der Waals surface area contributed by atoms with Crippen molar-refractivity contribution in [1.82, 2.24) is 15.2 Å². The third-order valence-electron chi connectivity index (χ3n) is 5.12. The van der Waals surface area contributed by atoms with Gasteiger partial charge in [-0.3, -0.25) is 14.5 Å². The molecule has 0 radical (unpaired) electrons. The van der Waals surface area contributed by atoms with Gasteiger partial charge in [0.1, 0.15) is 22.8 Å². The zero-order valence-corrected chi connectivity index (χ0v) is 19.7. The summed E-state index contributed by atoms with van der Waals surface area (Å²) in [6, 6.07) is 2.65. The molecule has 1 fully saturated rings. The number of thioether (sulfide) groups is 1. The van der Waals surface area contributed by atoms with Crippen molar-refractivity contribution in [2.45, 2.75) is 31.5 Å². The minimum Gasteiger partial charge on any atom is -0.477 e. The summed E-state index contributed by atoms with van der Waals surface area (Å²) in [5.74, 6) is -2.59. The molecule has 4 N–H and O–H groups in total. The zero-order valence-electron chi connectivity index (χ0n) is 18.1. The Hall–Kier alpha value is -3.59. The van der Waals surface area contributed by atoms with E-state index in [-0.39, 0.29) is 23.1 Å². The summed E-state index contributed by atoms with van der Waals surface area (Å²) in [6.07, 6.45) is 3.66. The number of anilines is 1. The molecule has 0 aromatic carbocycles. The second-order valence-corrected chi connectivity index (χ2v) is 9.54. The van der Waals surface area contributed by atoms with E-state index in [1.807, 2.05) is 29.8 Å². The zero-order chi connectivity index (χ0) is 25.3. The van der Waals surface area contributed by atoms with Crippen molar-refractivity contribution < 1.29 is 37.7 Å². The van der Waals surface area contributed by atoms with E-state index in [1.54, 1.807) is 6.20 Å². The molecule has 184 valence electrons. The Morgan fingerprint density at radius 2 is 2.26 bits per heavy atom. The van der Waals surface area contributed by atoms with Gasteiger partial charge < -0.3 is 21.0 Å². The van der Waals surface area contributed by atoms with Gasteiger partial charge in [0.05, 0.1) is 0 Å². The number of aryl methyl sites for hydroxylation is 1. The number of β-lactam (4-membered cyclic amide) rings is 1. The monoisotopic (exact) mass is 525 g/mol. The van der Waals surface area contributed by atoms with Crippen LogP contribution < -0.4 is 15.6 Å². The lowest BCUT2D eigenvalue weighted by molar-refractivity contribution is -0.689. The summed E-state index contributed by atoms with van der Waals surface area (Å²) in [7, 11) is 0. The Labute approximate surface area is 205 Å². The number of aromatic nitrogens is 2. The lowest BCUT2D eigenvalue weighted by atomic mass is 10.0. The van der Waals surface area contributed by atoms with E-state index in [0.717, 1.165) is 21.8 Å². The number of thiazole rings is 1. The van der Waals surface area contributed by atoms with Gasteiger partial charge in [0.25, 0.3) is 11.8 Å². The number of nitrogens with one attached hydrogen (secondary N) is 1. The van der Waals surface area contributed by atoms with Gasteiger partial charge in [-0.2, -0.15) is 8.78 Å². The number of nitrogens with zero attached hydrogens (tertiary/aromatic N) is 4. The number of hydrogen-bond acceptors (Lipinski definition) is 9. The molecule has 2 aromatic rings. The number of halogens is 2. The molecular formula is C20H19F2N6O5S2+. The van der Waals surface area contributed by atoms with Gasteiger partial charge in [0.15, 0.2) is 29.8 Å². The van der Waals surface area contributed by atoms with Crippen molar-refractivity contribution in [1.29, 1.82) is 0 Å². The predicted molar refractivity (Wildman–Crippen MR) is 121 cm³/mol. The Bertz CT molecular complexity index is 1250. The molecule has 0 spiro atoms. The number of fused-ring (bicyclic) bond motifs is 1. The molecule has 0 aliphatic carbocycles. The maximum Gasteiger partial charge on any atom is 0.407 e. The van der Waals surface area contributed by atoms with Crippen LogP contribution in [0.25, 0.3) is 0 Å². The van der Waals surface area contributed by atoms with Crippen LogP contribution in [0.2, 0.25) is 0 Å². The van der Waals surface area contributed by atoms with Crippen LogP contribution in [0.1, 0.15) is 11.3 Å². The Balaban J connectivity index is 1.54. The summed E-state index contributed by atoms with van der Waals surface area (Å²) in [5, 5.41) is 16.1. The number of amides is 2. The van der Waals surface area contributed by atoms with Crippen molar-refractivity contribution in [3.8, 4) is 0 Å². The van der Waals surface area contributed by atoms with Crippen molar-refractivity contribution >= 4 is 51.7 Å². The molecule has 15 heteroatoms. The smallest absolute Gasteiger partial charge is 0.407 e. The fourth-order valence-electron chi connectivity index (χ4n) is 3.68. The van der Waals surface area contributed by atoms with Gasteiger partial charge in [0, 0.05) is 28.3 Å². The molecule has 2 aromatic heterocycles. The number of carbonyl (C=O) groups is 3. The van der Waals surface area contributed by atoms with E-state index < -0.39 is 41.5 Å². The molecule has 4 heterocycles.